The smallest absolute Gasteiger partial charge is 0.00231 e. The molecule has 0 aliphatic carbocycles. The van der Waals surface area contributed by atoms with Crippen LogP contribution in [0.3, 0.4) is 0 Å². The van der Waals surface area contributed by atoms with Crippen LogP contribution in [0, 0.1) is 18.3 Å². The summed E-state index contributed by atoms with van der Waals surface area (Å²) in [5.74, 6) is 0.465. The summed E-state index contributed by atoms with van der Waals surface area (Å²) in [6.07, 6.45) is 0. The highest BCUT2D eigenvalue weighted by Gasteiger charge is 2.14. The molecule has 3 radical (unpaired) electrons. The lowest BCUT2D eigenvalue weighted by atomic mass is 9.84. The molecule has 0 atom stereocenters. The zero-order chi connectivity index (χ0) is 6.08. The molecule has 0 amide bonds. The van der Waals surface area contributed by atoms with Gasteiger partial charge in [-0.15, -0.1) is 0 Å². The molecule has 0 aliphatic heterocycles. The third-order valence-electron chi connectivity index (χ3n) is 1.44. The molecular formula is C7H13. The monoisotopic (exact) mass is 97.1 g/mol. The van der Waals surface area contributed by atoms with Gasteiger partial charge in [0.25, 0.3) is 0 Å². The minimum Gasteiger partial charge on any atom is -0.0622 e. The van der Waals surface area contributed by atoms with Crippen LogP contribution in [0.2, 0.25) is 0 Å². The molecule has 0 unspecified atom stereocenters. The fourth-order valence-corrected chi connectivity index (χ4v) is 0. The minimum atomic E-state index is -0.250. The Morgan fingerprint density at radius 3 is 1.43 bits per heavy atom. The van der Waals surface area contributed by atoms with E-state index in [1.165, 1.54) is 0 Å². The van der Waals surface area contributed by atoms with E-state index in [0.717, 1.165) is 0 Å². The topological polar surface area (TPSA) is 0 Å². The SMILES string of the molecule is [C]C(C)(C)C(C)C. The molecule has 0 nitrogen and oxygen atoms in total. The van der Waals surface area contributed by atoms with Crippen LogP contribution < -0.4 is 0 Å². The summed E-state index contributed by atoms with van der Waals surface area (Å²) < 4.78 is 0. The lowest BCUT2D eigenvalue weighted by Gasteiger charge is -2.21. The summed E-state index contributed by atoms with van der Waals surface area (Å²) >= 11 is 0. The van der Waals surface area contributed by atoms with Crippen LogP contribution in [0.5, 0.6) is 0 Å². The van der Waals surface area contributed by atoms with E-state index >= 15 is 0 Å². The van der Waals surface area contributed by atoms with Gasteiger partial charge in [0.05, 0.1) is 0 Å². The van der Waals surface area contributed by atoms with Crippen LogP contribution >= 0.6 is 0 Å². The second kappa shape index (κ2) is 1.85. The molecule has 0 rings (SSSR count). The van der Waals surface area contributed by atoms with Crippen molar-refractivity contribution in [2.75, 3.05) is 0 Å². The van der Waals surface area contributed by atoms with Crippen molar-refractivity contribution in [2.45, 2.75) is 27.7 Å². The van der Waals surface area contributed by atoms with E-state index in [1.807, 2.05) is 13.8 Å². The normalized spacial score (nSPS) is 12.9. The Kier molecular flexibility index (Phi) is 1.85. The van der Waals surface area contributed by atoms with Crippen molar-refractivity contribution >= 4 is 0 Å². The Morgan fingerprint density at radius 2 is 1.43 bits per heavy atom. The summed E-state index contributed by atoms with van der Waals surface area (Å²) in [7, 11) is 0. The highest BCUT2D eigenvalue weighted by Crippen LogP contribution is 2.23. The molecule has 0 saturated carbocycles. The average Bonchev–Trinajstić information content (AvgIpc) is 1.31. The van der Waals surface area contributed by atoms with E-state index in [1.54, 1.807) is 0 Å². The molecule has 0 aromatic rings. The van der Waals surface area contributed by atoms with E-state index in [4.69, 9.17) is 6.92 Å². The van der Waals surface area contributed by atoms with Crippen LogP contribution in [0.1, 0.15) is 27.7 Å². The molecule has 0 aromatic heterocycles. The number of hydrogen-bond donors (Lipinski definition) is 0. The van der Waals surface area contributed by atoms with Gasteiger partial charge in [-0.3, -0.25) is 0 Å². The van der Waals surface area contributed by atoms with Crippen LogP contribution in [0.25, 0.3) is 0 Å². The van der Waals surface area contributed by atoms with Crippen LogP contribution in [-0.2, 0) is 0 Å². The largest absolute Gasteiger partial charge is 0.0622 e. The van der Waals surface area contributed by atoms with Crippen molar-refractivity contribution in [2.24, 2.45) is 11.3 Å². The third-order valence-corrected chi connectivity index (χ3v) is 1.44. The highest BCUT2D eigenvalue weighted by molar-refractivity contribution is 4.73. The standard InChI is InChI=1S/C7H13/c1-6(2)7(3,4)5/h6H,1-4H3. The van der Waals surface area contributed by atoms with Gasteiger partial charge in [-0.1, -0.05) is 27.7 Å². The van der Waals surface area contributed by atoms with Crippen molar-refractivity contribution in [3.8, 4) is 0 Å². The zero-order valence-corrected chi connectivity index (χ0v) is 5.58. The third kappa shape index (κ3) is 2.67. The van der Waals surface area contributed by atoms with E-state index in [0.29, 0.717) is 5.92 Å². The molecule has 7 heavy (non-hydrogen) atoms. The first-order valence-corrected chi connectivity index (χ1v) is 2.69. The molecule has 41 valence electrons. The maximum Gasteiger partial charge on any atom is -0.00231 e. The maximum absolute atomic E-state index is 7.39. The number of rotatable bonds is 1. The van der Waals surface area contributed by atoms with Crippen molar-refractivity contribution in [3.63, 3.8) is 0 Å². The molecule has 0 spiro atoms. The average molecular weight is 97.2 g/mol. The van der Waals surface area contributed by atoms with Gasteiger partial charge in [0, 0.05) is 0 Å². The van der Waals surface area contributed by atoms with Crippen molar-refractivity contribution < 1.29 is 0 Å². The molecule has 0 saturated heterocycles. The first kappa shape index (κ1) is 7.00. The minimum absolute atomic E-state index is 0.250. The Morgan fingerprint density at radius 1 is 1.29 bits per heavy atom. The number of hydrogen-bond acceptors (Lipinski definition) is 0. The summed E-state index contributed by atoms with van der Waals surface area (Å²) in [4.78, 5) is 0. The summed E-state index contributed by atoms with van der Waals surface area (Å²) in [6, 6.07) is 0. The Balaban J connectivity index is 3.54. The fraction of sp³-hybridized carbons (Fsp3) is 0.857. The van der Waals surface area contributed by atoms with Gasteiger partial charge in [0.1, 0.15) is 0 Å². The van der Waals surface area contributed by atoms with Crippen LogP contribution in [0.4, 0.5) is 0 Å². The molecule has 0 aliphatic rings. The van der Waals surface area contributed by atoms with Gasteiger partial charge in [0.2, 0.25) is 0 Å². The Bertz CT molecular complexity index is 45.5. The van der Waals surface area contributed by atoms with Gasteiger partial charge in [-0.05, 0) is 18.3 Å². The van der Waals surface area contributed by atoms with Crippen molar-refractivity contribution in [1.29, 1.82) is 0 Å². The van der Waals surface area contributed by atoms with E-state index in [2.05, 4.69) is 13.8 Å². The summed E-state index contributed by atoms with van der Waals surface area (Å²) in [6.45, 7) is 15.4. The molecule has 0 bridgehead atoms. The summed E-state index contributed by atoms with van der Waals surface area (Å²) in [5, 5.41) is 0. The van der Waals surface area contributed by atoms with Gasteiger partial charge in [-0.2, -0.15) is 0 Å². The zero-order valence-electron chi connectivity index (χ0n) is 5.58. The Labute approximate surface area is 46.9 Å². The van der Waals surface area contributed by atoms with Crippen molar-refractivity contribution in [1.82, 2.24) is 0 Å². The second-order valence-electron chi connectivity index (χ2n) is 2.88. The van der Waals surface area contributed by atoms with Crippen molar-refractivity contribution in [3.05, 3.63) is 6.92 Å². The lowest BCUT2D eigenvalue weighted by Crippen LogP contribution is -2.13. The Hall–Kier alpha value is 0. The molecule has 0 fully saturated rings. The van der Waals surface area contributed by atoms with Crippen LogP contribution in [-0.4, -0.2) is 0 Å². The molecule has 0 N–H and O–H groups in total. The van der Waals surface area contributed by atoms with E-state index in [9.17, 15) is 0 Å². The molecule has 0 aromatic carbocycles. The fourth-order valence-electron chi connectivity index (χ4n) is 0. The first-order chi connectivity index (χ1) is 2.94. The lowest BCUT2D eigenvalue weighted by molar-refractivity contribution is 0.329. The van der Waals surface area contributed by atoms with E-state index in [-0.39, 0.29) is 5.41 Å². The second-order valence-corrected chi connectivity index (χ2v) is 2.88. The maximum atomic E-state index is 7.39. The highest BCUT2D eigenvalue weighted by atomic mass is 14.2. The van der Waals surface area contributed by atoms with Gasteiger partial charge in [0.15, 0.2) is 0 Å². The molecular weight excluding hydrogens is 84.1 g/mol. The van der Waals surface area contributed by atoms with Gasteiger partial charge >= 0.3 is 0 Å². The van der Waals surface area contributed by atoms with Gasteiger partial charge < -0.3 is 0 Å². The first-order valence-electron chi connectivity index (χ1n) is 2.69. The van der Waals surface area contributed by atoms with E-state index < -0.39 is 0 Å². The molecule has 0 heteroatoms. The quantitative estimate of drug-likeness (QED) is 0.470. The van der Waals surface area contributed by atoms with Gasteiger partial charge in [-0.25, -0.2) is 0 Å². The predicted molar refractivity (Wildman–Crippen MR) is 31.9 cm³/mol. The molecule has 0 heterocycles. The van der Waals surface area contributed by atoms with Crippen LogP contribution in [0.15, 0.2) is 0 Å². The summed E-state index contributed by atoms with van der Waals surface area (Å²) in [5.41, 5.74) is -0.250. The predicted octanol–water partition coefficient (Wildman–Crippen LogP) is 2.26.